The Morgan fingerprint density at radius 3 is 2.38 bits per heavy atom. The summed E-state index contributed by atoms with van der Waals surface area (Å²) in [6, 6.07) is 18.6. The van der Waals surface area contributed by atoms with Gasteiger partial charge in [0.1, 0.15) is 23.7 Å². The lowest BCUT2D eigenvalue weighted by Crippen LogP contribution is -2.45. The standard InChI is InChI=1S/C26H27FN2O4S/c1-18-8-12-20(13-9-18)29(34(31,32)21-14-10-19(27)11-15-21)17-25(30)28-23-16-26(2,3)33-24-7-5-4-6-22(23)24/h4-15,23H,16-17H2,1-3H3,(H,28,30). The van der Waals surface area contributed by atoms with Crippen LogP contribution in [0.1, 0.15) is 37.4 Å². The molecule has 0 bridgehead atoms. The second-order valence-electron chi connectivity index (χ2n) is 9.02. The Morgan fingerprint density at radius 1 is 1.06 bits per heavy atom. The molecule has 8 heteroatoms. The molecular formula is C26H27FN2O4S. The molecule has 1 aliphatic rings. The van der Waals surface area contributed by atoms with Crippen LogP contribution < -0.4 is 14.4 Å². The summed E-state index contributed by atoms with van der Waals surface area (Å²) in [6.45, 7) is 5.35. The first kappa shape index (κ1) is 23.8. The van der Waals surface area contributed by atoms with E-state index < -0.39 is 33.9 Å². The van der Waals surface area contributed by atoms with Crippen LogP contribution in [0.2, 0.25) is 0 Å². The van der Waals surface area contributed by atoms with Gasteiger partial charge in [0.2, 0.25) is 5.91 Å². The molecule has 0 aromatic heterocycles. The molecule has 4 rings (SSSR count). The molecule has 34 heavy (non-hydrogen) atoms. The lowest BCUT2D eigenvalue weighted by Gasteiger charge is -2.38. The predicted octanol–water partition coefficient (Wildman–Crippen LogP) is 4.75. The molecule has 1 heterocycles. The molecule has 6 nitrogen and oxygen atoms in total. The van der Waals surface area contributed by atoms with Gasteiger partial charge in [0.15, 0.2) is 0 Å². The van der Waals surface area contributed by atoms with Gasteiger partial charge in [-0.1, -0.05) is 35.9 Å². The van der Waals surface area contributed by atoms with Crippen molar-refractivity contribution < 1.29 is 22.3 Å². The van der Waals surface area contributed by atoms with Crippen LogP contribution in [0, 0.1) is 12.7 Å². The highest BCUT2D eigenvalue weighted by Gasteiger charge is 2.35. The van der Waals surface area contributed by atoms with Crippen molar-refractivity contribution in [3.63, 3.8) is 0 Å². The highest BCUT2D eigenvalue weighted by Crippen LogP contribution is 2.39. The third kappa shape index (κ3) is 5.07. The van der Waals surface area contributed by atoms with Crippen LogP contribution in [-0.4, -0.2) is 26.5 Å². The summed E-state index contributed by atoms with van der Waals surface area (Å²) < 4.78 is 47.4. The molecule has 0 aliphatic carbocycles. The van der Waals surface area contributed by atoms with Crippen molar-refractivity contribution in [3.05, 3.63) is 89.7 Å². The zero-order valence-electron chi connectivity index (χ0n) is 19.3. The second-order valence-corrected chi connectivity index (χ2v) is 10.9. The van der Waals surface area contributed by atoms with Gasteiger partial charge in [-0.3, -0.25) is 9.10 Å². The number of rotatable bonds is 6. The van der Waals surface area contributed by atoms with Gasteiger partial charge in [-0.05, 0) is 63.2 Å². The maximum Gasteiger partial charge on any atom is 0.264 e. The quantitative estimate of drug-likeness (QED) is 0.550. The average Bonchev–Trinajstić information content (AvgIpc) is 2.77. The summed E-state index contributed by atoms with van der Waals surface area (Å²) in [4.78, 5) is 13.1. The van der Waals surface area contributed by atoms with Crippen LogP contribution in [0.25, 0.3) is 0 Å². The van der Waals surface area contributed by atoms with Crippen LogP contribution in [-0.2, 0) is 14.8 Å². The third-order valence-corrected chi connectivity index (χ3v) is 7.51. The van der Waals surface area contributed by atoms with E-state index in [-0.39, 0.29) is 10.9 Å². The molecule has 1 aliphatic heterocycles. The molecule has 1 atom stereocenters. The van der Waals surface area contributed by atoms with Gasteiger partial charge in [0.25, 0.3) is 10.0 Å². The Balaban J connectivity index is 1.64. The van der Waals surface area contributed by atoms with E-state index in [0.717, 1.165) is 27.6 Å². The van der Waals surface area contributed by atoms with E-state index in [1.165, 1.54) is 12.1 Å². The number of para-hydroxylation sites is 1. The van der Waals surface area contributed by atoms with Crippen LogP contribution in [0.4, 0.5) is 10.1 Å². The molecule has 0 fully saturated rings. The predicted molar refractivity (Wildman–Crippen MR) is 129 cm³/mol. The Morgan fingerprint density at radius 2 is 1.71 bits per heavy atom. The number of carbonyl (C=O) groups is 1. The Kier molecular flexibility index (Phi) is 6.36. The van der Waals surface area contributed by atoms with Crippen LogP contribution >= 0.6 is 0 Å². The van der Waals surface area contributed by atoms with Gasteiger partial charge < -0.3 is 10.1 Å². The minimum atomic E-state index is -4.12. The van der Waals surface area contributed by atoms with E-state index in [4.69, 9.17) is 4.74 Å². The molecule has 1 amide bonds. The number of amides is 1. The Hall–Kier alpha value is -3.39. The maximum atomic E-state index is 13.5. The van der Waals surface area contributed by atoms with Gasteiger partial charge in [-0.25, -0.2) is 12.8 Å². The first-order valence-corrected chi connectivity index (χ1v) is 12.4. The summed E-state index contributed by atoms with van der Waals surface area (Å²) in [5, 5.41) is 2.99. The monoisotopic (exact) mass is 482 g/mol. The SMILES string of the molecule is Cc1ccc(N(CC(=O)NC2CC(C)(C)Oc3ccccc32)S(=O)(=O)c2ccc(F)cc2)cc1. The topological polar surface area (TPSA) is 75.7 Å². The molecule has 3 aromatic carbocycles. The van der Waals surface area contributed by atoms with Crippen molar-refractivity contribution in [2.24, 2.45) is 0 Å². The average molecular weight is 483 g/mol. The van der Waals surface area contributed by atoms with Gasteiger partial charge in [0, 0.05) is 12.0 Å². The van der Waals surface area contributed by atoms with Crippen molar-refractivity contribution in [2.75, 3.05) is 10.8 Å². The van der Waals surface area contributed by atoms with Crippen molar-refractivity contribution in [2.45, 2.75) is 43.7 Å². The molecule has 0 saturated heterocycles. The summed E-state index contributed by atoms with van der Waals surface area (Å²) in [5.74, 6) is -0.304. The molecule has 0 radical (unpaired) electrons. The molecule has 3 aromatic rings. The number of sulfonamides is 1. The Bertz CT molecular complexity index is 1290. The number of ether oxygens (including phenoxy) is 1. The number of nitrogens with zero attached hydrogens (tertiary/aromatic N) is 1. The van der Waals surface area contributed by atoms with Crippen LogP contribution in [0.5, 0.6) is 5.75 Å². The van der Waals surface area contributed by atoms with Gasteiger partial charge in [-0.15, -0.1) is 0 Å². The molecule has 1 N–H and O–H groups in total. The third-order valence-electron chi connectivity index (χ3n) is 5.72. The zero-order chi connectivity index (χ0) is 24.5. The van der Waals surface area contributed by atoms with Crippen LogP contribution in [0.3, 0.4) is 0 Å². The number of anilines is 1. The number of benzene rings is 3. The largest absolute Gasteiger partial charge is 0.487 e. The molecule has 0 spiro atoms. The van der Waals surface area contributed by atoms with E-state index >= 15 is 0 Å². The van der Waals surface area contributed by atoms with E-state index in [9.17, 15) is 17.6 Å². The zero-order valence-corrected chi connectivity index (χ0v) is 20.1. The summed E-state index contributed by atoms with van der Waals surface area (Å²) >= 11 is 0. The van der Waals surface area contributed by atoms with Gasteiger partial charge in [-0.2, -0.15) is 0 Å². The molecule has 1 unspecified atom stereocenters. The van der Waals surface area contributed by atoms with Crippen molar-refractivity contribution in [1.82, 2.24) is 5.32 Å². The fourth-order valence-corrected chi connectivity index (χ4v) is 5.48. The maximum absolute atomic E-state index is 13.5. The van der Waals surface area contributed by atoms with E-state index in [2.05, 4.69) is 5.32 Å². The van der Waals surface area contributed by atoms with Gasteiger partial charge in [0.05, 0.1) is 16.6 Å². The fourth-order valence-electron chi connectivity index (χ4n) is 4.06. The smallest absolute Gasteiger partial charge is 0.264 e. The van der Waals surface area contributed by atoms with Crippen molar-refractivity contribution >= 4 is 21.6 Å². The second kappa shape index (κ2) is 9.10. The van der Waals surface area contributed by atoms with E-state index in [1.807, 2.05) is 45.0 Å². The molecule has 178 valence electrons. The highest BCUT2D eigenvalue weighted by molar-refractivity contribution is 7.92. The minimum Gasteiger partial charge on any atom is -0.487 e. The van der Waals surface area contributed by atoms with E-state index in [0.29, 0.717) is 17.9 Å². The Labute approximate surface area is 199 Å². The number of nitrogens with one attached hydrogen (secondary N) is 1. The van der Waals surface area contributed by atoms with E-state index in [1.54, 1.807) is 24.3 Å². The molecular weight excluding hydrogens is 455 g/mol. The molecule has 0 saturated carbocycles. The van der Waals surface area contributed by atoms with Crippen LogP contribution in [0.15, 0.2) is 77.7 Å². The van der Waals surface area contributed by atoms with Crippen molar-refractivity contribution in [1.29, 1.82) is 0 Å². The number of hydrogen-bond acceptors (Lipinski definition) is 4. The fraction of sp³-hybridized carbons (Fsp3) is 0.269. The number of aryl methyl sites for hydroxylation is 1. The summed E-state index contributed by atoms with van der Waals surface area (Å²) in [6.07, 6.45) is 0.533. The number of halogens is 1. The summed E-state index contributed by atoms with van der Waals surface area (Å²) in [5.41, 5.74) is 1.65. The number of hydrogen-bond donors (Lipinski definition) is 1. The number of carbonyl (C=O) groups excluding carboxylic acids is 1. The van der Waals surface area contributed by atoms with Crippen molar-refractivity contribution in [3.8, 4) is 5.75 Å². The van der Waals surface area contributed by atoms with Gasteiger partial charge >= 0.3 is 0 Å². The first-order valence-electron chi connectivity index (χ1n) is 11.0. The summed E-state index contributed by atoms with van der Waals surface area (Å²) in [7, 11) is -4.12. The minimum absolute atomic E-state index is 0.0974. The number of fused-ring (bicyclic) bond motifs is 1. The first-order chi connectivity index (χ1) is 16.0. The highest BCUT2D eigenvalue weighted by atomic mass is 32.2. The lowest BCUT2D eigenvalue weighted by atomic mass is 9.89. The normalized spacial score (nSPS) is 16.8. The lowest BCUT2D eigenvalue weighted by molar-refractivity contribution is -0.120.